The molecular weight excluding hydrogens is 232 g/mol. The average molecular weight is 258 g/mol. The van der Waals surface area contributed by atoms with Gasteiger partial charge in [0.05, 0.1) is 0 Å². The second kappa shape index (κ2) is 6.86. The molecule has 2 fully saturated rings. The third-order valence-electron chi connectivity index (χ3n) is 4.07. The minimum absolute atomic E-state index is 0.538. The minimum Gasteiger partial charge on any atom is -0.313 e. The Kier molecular flexibility index (Phi) is 5.45. The lowest BCUT2D eigenvalue weighted by Crippen LogP contribution is -2.43. The molecule has 0 aromatic heterocycles. The number of rotatable bonds is 4. The molecule has 0 radical (unpaired) electrons. The van der Waals surface area contributed by atoms with Crippen molar-refractivity contribution in [3.05, 3.63) is 0 Å². The molecule has 2 atom stereocenters. The highest BCUT2D eigenvalue weighted by molar-refractivity contribution is 7.85. The highest BCUT2D eigenvalue weighted by Crippen LogP contribution is 2.23. The summed E-state index contributed by atoms with van der Waals surface area (Å²) in [5.41, 5.74) is 0. The van der Waals surface area contributed by atoms with Gasteiger partial charge in [0.1, 0.15) is 0 Å². The second-order valence-corrected chi connectivity index (χ2v) is 7.31. The molecule has 2 rings (SSSR count). The van der Waals surface area contributed by atoms with E-state index >= 15 is 0 Å². The molecule has 1 N–H and O–H groups in total. The molecule has 0 aromatic rings. The molecule has 1 saturated heterocycles. The van der Waals surface area contributed by atoms with Gasteiger partial charge < -0.3 is 10.2 Å². The van der Waals surface area contributed by atoms with Crippen LogP contribution in [-0.2, 0) is 10.8 Å². The van der Waals surface area contributed by atoms with Crippen LogP contribution in [0.1, 0.15) is 32.6 Å². The van der Waals surface area contributed by atoms with E-state index in [1.165, 1.54) is 25.7 Å². The lowest BCUT2D eigenvalue weighted by Gasteiger charge is -2.30. The van der Waals surface area contributed by atoms with Crippen molar-refractivity contribution in [2.45, 2.75) is 38.6 Å². The first-order valence-electron chi connectivity index (χ1n) is 7.05. The molecule has 0 aromatic carbocycles. The summed E-state index contributed by atoms with van der Waals surface area (Å²) in [5.74, 6) is 2.65. The maximum Gasteiger partial charge on any atom is 0.0363 e. The second-order valence-electron chi connectivity index (χ2n) is 5.61. The van der Waals surface area contributed by atoms with Crippen LogP contribution in [0, 0.1) is 5.92 Å². The molecule has 2 unspecified atom stereocenters. The van der Waals surface area contributed by atoms with E-state index in [-0.39, 0.29) is 0 Å². The van der Waals surface area contributed by atoms with Gasteiger partial charge in [0.2, 0.25) is 0 Å². The first-order chi connectivity index (χ1) is 8.24. The normalized spacial score (nSPS) is 32.8. The molecule has 1 aliphatic heterocycles. The molecule has 4 heteroatoms. The SMILES string of the molecule is CC1CCCC(NCCN2CCS(=O)CC2)C1. The zero-order valence-electron chi connectivity index (χ0n) is 11.0. The van der Waals surface area contributed by atoms with E-state index in [2.05, 4.69) is 17.1 Å². The van der Waals surface area contributed by atoms with Crippen molar-refractivity contribution < 1.29 is 4.21 Å². The summed E-state index contributed by atoms with van der Waals surface area (Å²) in [4.78, 5) is 2.45. The molecule has 2 aliphatic rings. The summed E-state index contributed by atoms with van der Waals surface area (Å²) in [6, 6.07) is 0.748. The quantitative estimate of drug-likeness (QED) is 0.823. The summed E-state index contributed by atoms with van der Waals surface area (Å²) < 4.78 is 11.2. The molecular formula is C13H26N2OS. The van der Waals surface area contributed by atoms with Gasteiger partial charge in [-0.2, -0.15) is 0 Å². The van der Waals surface area contributed by atoms with Crippen LogP contribution in [0.25, 0.3) is 0 Å². The van der Waals surface area contributed by atoms with Gasteiger partial charge in [-0.1, -0.05) is 19.8 Å². The fourth-order valence-electron chi connectivity index (χ4n) is 2.95. The van der Waals surface area contributed by atoms with E-state index in [0.29, 0.717) is 0 Å². The Bertz CT molecular complexity index is 250. The van der Waals surface area contributed by atoms with Crippen molar-refractivity contribution in [3.8, 4) is 0 Å². The number of nitrogens with zero attached hydrogens (tertiary/aromatic N) is 1. The Labute approximate surface area is 108 Å². The highest BCUT2D eigenvalue weighted by atomic mass is 32.2. The first-order valence-corrected chi connectivity index (χ1v) is 8.53. The molecule has 1 saturated carbocycles. The predicted molar refractivity (Wildman–Crippen MR) is 73.7 cm³/mol. The van der Waals surface area contributed by atoms with Crippen LogP contribution in [-0.4, -0.2) is 52.8 Å². The largest absolute Gasteiger partial charge is 0.313 e. The van der Waals surface area contributed by atoms with Crippen molar-refractivity contribution in [1.29, 1.82) is 0 Å². The number of nitrogens with one attached hydrogen (secondary N) is 1. The lowest BCUT2D eigenvalue weighted by atomic mass is 9.87. The Morgan fingerprint density at radius 3 is 2.76 bits per heavy atom. The topological polar surface area (TPSA) is 32.3 Å². The van der Waals surface area contributed by atoms with Gasteiger partial charge in [-0.3, -0.25) is 4.21 Å². The van der Waals surface area contributed by atoms with Gasteiger partial charge in [-0.15, -0.1) is 0 Å². The van der Waals surface area contributed by atoms with Crippen molar-refractivity contribution in [2.24, 2.45) is 5.92 Å². The van der Waals surface area contributed by atoms with Gasteiger partial charge in [0.15, 0.2) is 0 Å². The molecule has 3 nitrogen and oxygen atoms in total. The van der Waals surface area contributed by atoms with Crippen LogP contribution < -0.4 is 5.32 Å². The van der Waals surface area contributed by atoms with Gasteiger partial charge in [0.25, 0.3) is 0 Å². The zero-order valence-corrected chi connectivity index (χ0v) is 11.8. The van der Waals surface area contributed by atoms with Crippen molar-refractivity contribution in [2.75, 3.05) is 37.7 Å². The summed E-state index contributed by atoms with van der Waals surface area (Å²) in [5, 5.41) is 3.69. The molecule has 0 amide bonds. The molecule has 1 heterocycles. The molecule has 1 aliphatic carbocycles. The maximum absolute atomic E-state index is 11.2. The number of hydrogen-bond acceptors (Lipinski definition) is 3. The van der Waals surface area contributed by atoms with E-state index in [4.69, 9.17) is 0 Å². The maximum atomic E-state index is 11.2. The van der Waals surface area contributed by atoms with E-state index in [0.717, 1.165) is 49.6 Å². The van der Waals surface area contributed by atoms with E-state index in [1.54, 1.807) is 0 Å². The van der Waals surface area contributed by atoms with Gasteiger partial charge >= 0.3 is 0 Å². The smallest absolute Gasteiger partial charge is 0.0363 e. The summed E-state index contributed by atoms with van der Waals surface area (Å²) in [6.45, 7) is 6.64. The minimum atomic E-state index is -0.538. The lowest BCUT2D eigenvalue weighted by molar-refractivity contribution is 0.264. The van der Waals surface area contributed by atoms with Crippen LogP contribution in [0.5, 0.6) is 0 Å². The Morgan fingerprint density at radius 1 is 1.29 bits per heavy atom. The van der Waals surface area contributed by atoms with E-state index in [1.807, 2.05) is 0 Å². The summed E-state index contributed by atoms with van der Waals surface area (Å²) >= 11 is 0. The monoisotopic (exact) mass is 258 g/mol. The molecule has 17 heavy (non-hydrogen) atoms. The van der Waals surface area contributed by atoms with Gasteiger partial charge in [-0.05, 0) is 18.8 Å². The summed E-state index contributed by atoms with van der Waals surface area (Å²) in [6.07, 6.45) is 5.51. The van der Waals surface area contributed by atoms with E-state index < -0.39 is 10.8 Å². The molecule has 100 valence electrons. The number of hydrogen-bond donors (Lipinski definition) is 1. The Morgan fingerprint density at radius 2 is 2.06 bits per heavy atom. The van der Waals surface area contributed by atoms with Gasteiger partial charge in [-0.25, -0.2) is 0 Å². The van der Waals surface area contributed by atoms with E-state index in [9.17, 15) is 4.21 Å². The Hall–Kier alpha value is 0.0700. The Balaban J connectivity index is 1.57. The van der Waals surface area contributed by atoms with Crippen LogP contribution in [0.15, 0.2) is 0 Å². The molecule has 0 spiro atoms. The van der Waals surface area contributed by atoms with Crippen LogP contribution in [0.3, 0.4) is 0 Å². The van der Waals surface area contributed by atoms with Crippen LogP contribution in [0.4, 0.5) is 0 Å². The highest BCUT2D eigenvalue weighted by Gasteiger charge is 2.19. The zero-order chi connectivity index (χ0) is 12.1. The van der Waals surface area contributed by atoms with Crippen LogP contribution in [0.2, 0.25) is 0 Å². The van der Waals surface area contributed by atoms with Crippen molar-refractivity contribution in [1.82, 2.24) is 10.2 Å². The third kappa shape index (κ3) is 4.68. The fourth-order valence-corrected chi connectivity index (χ4v) is 4.07. The fraction of sp³-hybridized carbons (Fsp3) is 1.00. The van der Waals surface area contributed by atoms with Crippen molar-refractivity contribution in [3.63, 3.8) is 0 Å². The first kappa shape index (κ1) is 13.5. The summed E-state index contributed by atoms with van der Waals surface area (Å²) in [7, 11) is -0.538. The predicted octanol–water partition coefficient (Wildman–Crippen LogP) is 1.22. The van der Waals surface area contributed by atoms with Crippen molar-refractivity contribution >= 4 is 10.8 Å². The standard InChI is InChI=1S/C13H26N2OS/c1-12-3-2-4-13(11-12)14-5-6-15-7-9-17(16)10-8-15/h12-14H,2-11H2,1H3. The average Bonchev–Trinajstić information content (AvgIpc) is 2.32. The molecule has 0 bridgehead atoms. The van der Waals surface area contributed by atoms with Crippen LogP contribution >= 0.6 is 0 Å². The van der Waals surface area contributed by atoms with Gasteiger partial charge in [0, 0.05) is 54.5 Å². The third-order valence-corrected chi connectivity index (χ3v) is 5.34.